The molecule has 6 heteroatoms. The van der Waals surface area contributed by atoms with Gasteiger partial charge in [-0.05, 0) is 58.0 Å². The summed E-state index contributed by atoms with van der Waals surface area (Å²) < 4.78 is 11.2. The monoisotopic (exact) mass is 401 g/mol. The third kappa shape index (κ3) is 4.69. The molecule has 1 fully saturated rings. The molecule has 0 radical (unpaired) electrons. The van der Waals surface area contributed by atoms with Gasteiger partial charge < -0.3 is 19.3 Å². The van der Waals surface area contributed by atoms with Crippen LogP contribution in [0.2, 0.25) is 0 Å². The third-order valence-electron chi connectivity index (χ3n) is 6.05. The number of ether oxygens (including phenoxy) is 2. The van der Waals surface area contributed by atoms with E-state index in [0.29, 0.717) is 6.54 Å². The maximum absolute atomic E-state index is 13.5. The number of carbonyl (C=O) groups excluding carboxylic acids is 1. The Morgan fingerprint density at radius 3 is 2.55 bits per heavy atom. The van der Waals surface area contributed by atoms with Gasteiger partial charge in [0.15, 0.2) is 0 Å². The molecule has 2 aliphatic heterocycles. The first kappa shape index (κ1) is 21.5. The van der Waals surface area contributed by atoms with E-state index in [9.17, 15) is 4.79 Å². The topological polar surface area (TPSA) is 45.2 Å². The molecule has 0 aromatic heterocycles. The molecule has 2 heterocycles. The molecule has 29 heavy (non-hydrogen) atoms. The van der Waals surface area contributed by atoms with Crippen molar-refractivity contribution in [1.29, 1.82) is 0 Å². The zero-order valence-electron chi connectivity index (χ0n) is 18.5. The molecule has 0 N–H and O–H groups in total. The van der Waals surface area contributed by atoms with Crippen molar-refractivity contribution < 1.29 is 14.3 Å². The molecule has 0 saturated carbocycles. The van der Waals surface area contributed by atoms with Gasteiger partial charge in [-0.1, -0.05) is 13.0 Å². The van der Waals surface area contributed by atoms with Crippen molar-refractivity contribution in [3.8, 4) is 11.5 Å². The molecule has 160 valence electrons. The summed E-state index contributed by atoms with van der Waals surface area (Å²) in [4.78, 5) is 19.9. The summed E-state index contributed by atoms with van der Waals surface area (Å²) in [5.41, 5.74) is 3.36. The van der Waals surface area contributed by atoms with Crippen LogP contribution >= 0.6 is 0 Å². The highest BCUT2D eigenvalue weighted by Gasteiger charge is 2.30. The van der Waals surface area contributed by atoms with Crippen LogP contribution < -0.4 is 9.47 Å². The standard InChI is InChI=1S/C23H35N3O3/c1-6-25-12-8-11-24(3)10-7-9-19-13-17(2)22-18(16-26(19)23(25)27)14-20(28-4)15-21(22)29-5/h13-15,17H,6-12,16H2,1-5H3/t17-/m0/s1. The summed E-state index contributed by atoms with van der Waals surface area (Å²) in [6.45, 7) is 8.36. The van der Waals surface area contributed by atoms with Gasteiger partial charge in [-0.2, -0.15) is 0 Å². The minimum absolute atomic E-state index is 0.102. The highest BCUT2D eigenvalue weighted by molar-refractivity contribution is 5.77. The van der Waals surface area contributed by atoms with Crippen molar-refractivity contribution in [2.45, 2.75) is 45.6 Å². The van der Waals surface area contributed by atoms with Gasteiger partial charge in [0, 0.05) is 36.3 Å². The van der Waals surface area contributed by atoms with Crippen molar-refractivity contribution in [2.24, 2.45) is 0 Å². The first-order valence-electron chi connectivity index (χ1n) is 10.7. The molecule has 0 spiro atoms. The number of urea groups is 1. The lowest BCUT2D eigenvalue weighted by Gasteiger charge is -2.31. The molecule has 1 aromatic carbocycles. The molecule has 0 aliphatic carbocycles. The second kappa shape index (κ2) is 9.53. The Morgan fingerprint density at radius 2 is 1.86 bits per heavy atom. The largest absolute Gasteiger partial charge is 0.497 e. The number of benzene rings is 1. The first-order chi connectivity index (χ1) is 14.0. The highest BCUT2D eigenvalue weighted by atomic mass is 16.5. The van der Waals surface area contributed by atoms with E-state index in [4.69, 9.17) is 9.47 Å². The number of fused-ring (bicyclic) bond motifs is 2. The van der Waals surface area contributed by atoms with Crippen molar-refractivity contribution in [2.75, 3.05) is 47.4 Å². The summed E-state index contributed by atoms with van der Waals surface area (Å²) in [6, 6.07) is 4.09. The van der Waals surface area contributed by atoms with E-state index < -0.39 is 0 Å². The fourth-order valence-electron chi connectivity index (χ4n) is 4.47. The van der Waals surface area contributed by atoms with Crippen LogP contribution in [-0.2, 0) is 6.54 Å². The van der Waals surface area contributed by atoms with Gasteiger partial charge in [0.2, 0.25) is 0 Å². The quantitative estimate of drug-likeness (QED) is 0.766. The third-order valence-corrected chi connectivity index (χ3v) is 6.05. The fourth-order valence-corrected chi connectivity index (χ4v) is 4.47. The number of amides is 2. The van der Waals surface area contributed by atoms with Gasteiger partial charge in [0.05, 0.1) is 20.8 Å². The lowest BCUT2D eigenvalue weighted by Crippen LogP contribution is -2.42. The fraction of sp³-hybridized carbons (Fsp3) is 0.609. The van der Waals surface area contributed by atoms with E-state index in [2.05, 4.69) is 31.9 Å². The number of hydrogen-bond acceptors (Lipinski definition) is 4. The van der Waals surface area contributed by atoms with E-state index in [1.807, 2.05) is 21.9 Å². The van der Waals surface area contributed by atoms with E-state index in [1.54, 1.807) is 14.2 Å². The number of allylic oxidation sites excluding steroid dienone is 2. The van der Waals surface area contributed by atoms with Gasteiger partial charge in [-0.25, -0.2) is 4.79 Å². The summed E-state index contributed by atoms with van der Waals surface area (Å²) >= 11 is 0. The maximum Gasteiger partial charge on any atom is 0.324 e. The van der Waals surface area contributed by atoms with Gasteiger partial charge in [-0.15, -0.1) is 0 Å². The van der Waals surface area contributed by atoms with Crippen LogP contribution in [0.1, 0.15) is 50.2 Å². The predicted molar refractivity (Wildman–Crippen MR) is 116 cm³/mol. The Bertz CT molecular complexity index is 762. The highest BCUT2D eigenvalue weighted by Crippen LogP contribution is 2.39. The molecule has 0 unspecified atom stereocenters. The summed E-state index contributed by atoms with van der Waals surface area (Å²) in [5, 5.41) is 0. The van der Waals surface area contributed by atoms with Crippen molar-refractivity contribution in [1.82, 2.24) is 14.7 Å². The van der Waals surface area contributed by atoms with Crippen LogP contribution in [0.25, 0.3) is 0 Å². The van der Waals surface area contributed by atoms with Crippen molar-refractivity contribution >= 4 is 6.03 Å². The molecule has 3 rings (SSSR count). The van der Waals surface area contributed by atoms with Crippen LogP contribution in [0, 0.1) is 0 Å². The zero-order valence-corrected chi connectivity index (χ0v) is 18.5. The number of hydrogen-bond donors (Lipinski definition) is 0. The van der Waals surface area contributed by atoms with E-state index in [0.717, 1.165) is 73.8 Å². The summed E-state index contributed by atoms with van der Waals surface area (Å²) in [5.74, 6) is 1.75. The molecule has 2 aliphatic rings. The molecule has 6 nitrogen and oxygen atoms in total. The Morgan fingerprint density at radius 1 is 1.10 bits per heavy atom. The SMILES string of the molecule is CCN1CCCN(C)CCCC2=C[C@H](C)c3c(cc(OC)cc3OC)CN2C1=O. The zero-order chi connectivity index (χ0) is 21.0. The lowest BCUT2D eigenvalue weighted by atomic mass is 9.94. The van der Waals surface area contributed by atoms with Gasteiger partial charge in [0.25, 0.3) is 0 Å². The van der Waals surface area contributed by atoms with Gasteiger partial charge in [-0.3, -0.25) is 4.90 Å². The van der Waals surface area contributed by atoms with E-state index in [-0.39, 0.29) is 11.9 Å². The molecule has 0 bridgehead atoms. The lowest BCUT2D eigenvalue weighted by molar-refractivity contribution is 0.163. The second-order valence-electron chi connectivity index (χ2n) is 8.06. The van der Waals surface area contributed by atoms with Crippen LogP contribution in [0.5, 0.6) is 11.5 Å². The predicted octanol–water partition coefficient (Wildman–Crippen LogP) is 4.06. The normalized spacial score (nSPS) is 21.5. The molecule has 2 amide bonds. The minimum atomic E-state index is 0.102. The van der Waals surface area contributed by atoms with Crippen LogP contribution in [0.15, 0.2) is 23.9 Å². The van der Waals surface area contributed by atoms with E-state index >= 15 is 0 Å². The van der Waals surface area contributed by atoms with Crippen LogP contribution in [0.3, 0.4) is 0 Å². The number of rotatable bonds is 3. The molecule has 1 saturated heterocycles. The van der Waals surface area contributed by atoms with Crippen molar-refractivity contribution in [3.05, 3.63) is 35.0 Å². The number of methoxy groups -OCH3 is 2. The second-order valence-corrected chi connectivity index (χ2v) is 8.06. The Hall–Kier alpha value is -2.21. The molecule has 1 atom stereocenters. The summed E-state index contributed by atoms with van der Waals surface area (Å²) in [6.07, 6.45) is 5.19. The maximum atomic E-state index is 13.5. The van der Waals surface area contributed by atoms with Crippen LogP contribution in [0.4, 0.5) is 4.79 Å². The minimum Gasteiger partial charge on any atom is -0.497 e. The van der Waals surface area contributed by atoms with Crippen LogP contribution in [-0.4, -0.2) is 68.2 Å². The smallest absolute Gasteiger partial charge is 0.324 e. The average Bonchev–Trinajstić information content (AvgIpc) is 2.86. The average molecular weight is 402 g/mol. The first-order valence-corrected chi connectivity index (χ1v) is 10.7. The molecular formula is C23H35N3O3. The molecule has 1 aromatic rings. The van der Waals surface area contributed by atoms with Gasteiger partial charge >= 0.3 is 6.03 Å². The molecular weight excluding hydrogens is 366 g/mol. The Kier molecular flexibility index (Phi) is 7.06. The van der Waals surface area contributed by atoms with Gasteiger partial charge in [0.1, 0.15) is 11.5 Å². The Balaban J connectivity index is 2.05. The number of carbonyl (C=O) groups is 1. The summed E-state index contributed by atoms with van der Waals surface area (Å²) in [7, 11) is 5.53. The number of nitrogens with zero attached hydrogens (tertiary/aromatic N) is 3. The van der Waals surface area contributed by atoms with Crippen molar-refractivity contribution in [3.63, 3.8) is 0 Å². The van der Waals surface area contributed by atoms with E-state index in [1.165, 1.54) is 0 Å². The Labute approximate surface area is 175 Å².